The molecule has 0 aliphatic carbocycles. The number of carbonyl (C=O) groups is 1. The highest BCUT2D eigenvalue weighted by atomic mass is 16.3. The Bertz CT molecular complexity index is 185. The maximum absolute atomic E-state index is 11.6. The van der Waals surface area contributed by atoms with E-state index in [0.29, 0.717) is 12.8 Å². The Morgan fingerprint density at radius 2 is 1.93 bits per heavy atom. The monoisotopic (exact) mass is 218 g/mol. The third kappa shape index (κ3) is 4.15. The molecule has 0 aliphatic heterocycles. The van der Waals surface area contributed by atoms with E-state index in [9.17, 15) is 4.79 Å². The summed E-state index contributed by atoms with van der Waals surface area (Å²) < 4.78 is 0. The molecule has 0 rings (SSSR count). The summed E-state index contributed by atoms with van der Waals surface area (Å²) in [7, 11) is 0. The molecule has 0 spiro atoms. The number of nitrogens with one attached hydrogen (secondary N) is 1. The molecule has 0 aromatic rings. The third-order valence-electron chi connectivity index (χ3n) is 2.61. The second-order valence-corrected chi connectivity index (χ2v) is 3.83. The number of carbonyl (C=O) groups excluding carboxylic acids is 1. The van der Waals surface area contributed by atoms with Gasteiger partial charge in [-0.2, -0.15) is 0 Å². The number of aliphatic hydroxyl groups is 2. The number of hydrogen-bond donors (Lipinski definition) is 4. The maximum Gasteiger partial charge on any atom is 0.237 e. The Kier molecular flexibility index (Phi) is 6.47. The Morgan fingerprint density at radius 1 is 1.40 bits per heavy atom. The molecule has 90 valence electrons. The van der Waals surface area contributed by atoms with Crippen LogP contribution in [0.4, 0.5) is 0 Å². The topological polar surface area (TPSA) is 95.6 Å². The minimum Gasteiger partial charge on any atom is -0.394 e. The predicted molar refractivity (Wildman–Crippen MR) is 58.2 cm³/mol. The molecule has 0 radical (unpaired) electrons. The molecule has 0 aromatic carbocycles. The van der Waals surface area contributed by atoms with E-state index in [1.54, 1.807) is 6.92 Å². The summed E-state index contributed by atoms with van der Waals surface area (Å²) >= 11 is 0. The van der Waals surface area contributed by atoms with Crippen LogP contribution in [0.25, 0.3) is 0 Å². The maximum atomic E-state index is 11.6. The second-order valence-electron chi connectivity index (χ2n) is 3.83. The van der Waals surface area contributed by atoms with E-state index in [4.69, 9.17) is 15.9 Å². The lowest BCUT2D eigenvalue weighted by atomic mass is 9.97. The molecule has 0 fully saturated rings. The van der Waals surface area contributed by atoms with Crippen LogP contribution >= 0.6 is 0 Å². The molecule has 0 heterocycles. The highest BCUT2D eigenvalue weighted by Gasteiger charge is 2.30. The van der Waals surface area contributed by atoms with E-state index in [0.717, 1.165) is 6.42 Å². The second kappa shape index (κ2) is 6.76. The Morgan fingerprint density at radius 3 is 2.27 bits per heavy atom. The molecular weight excluding hydrogens is 196 g/mol. The van der Waals surface area contributed by atoms with E-state index in [-0.39, 0.29) is 19.1 Å². The summed E-state index contributed by atoms with van der Waals surface area (Å²) in [6.07, 6.45) is 1.89. The van der Waals surface area contributed by atoms with Gasteiger partial charge in [0, 0.05) is 0 Å². The van der Waals surface area contributed by atoms with Crippen molar-refractivity contribution in [2.75, 3.05) is 13.2 Å². The number of rotatable bonds is 7. The van der Waals surface area contributed by atoms with Gasteiger partial charge in [-0.15, -0.1) is 0 Å². The smallest absolute Gasteiger partial charge is 0.237 e. The molecular formula is C10H22N2O3. The van der Waals surface area contributed by atoms with Crippen molar-refractivity contribution in [3.05, 3.63) is 0 Å². The first kappa shape index (κ1) is 14.3. The van der Waals surface area contributed by atoms with Gasteiger partial charge < -0.3 is 21.3 Å². The molecule has 1 atom stereocenters. The van der Waals surface area contributed by atoms with Crippen molar-refractivity contribution in [1.82, 2.24) is 5.32 Å². The SMILES string of the molecule is CCC[C@@H](N)C(=O)NC(CC)(CO)CO. The molecule has 0 aromatic heterocycles. The fourth-order valence-corrected chi connectivity index (χ4v) is 1.24. The number of amides is 1. The molecule has 15 heavy (non-hydrogen) atoms. The van der Waals surface area contributed by atoms with Gasteiger partial charge in [0.1, 0.15) is 0 Å². The minimum absolute atomic E-state index is 0.287. The van der Waals surface area contributed by atoms with E-state index in [1.165, 1.54) is 0 Å². The van der Waals surface area contributed by atoms with Gasteiger partial charge in [0.2, 0.25) is 5.91 Å². The van der Waals surface area contributed by atoms with Crippen molar-refractivity contribution in [3.8, 4) is 0 Å². The van der Waals surface area contributed by atoms with E-state index >= 15 is 0 Å². The number of aliphatic hydroxyl groups excluding tert-OH is 2. The van der Waals surface area contributed by atoms with Crippen molar-refractivity contribution in [3.63, 3.8) is 0 Å². The summed E-state index contributed by atoms with van der Waals surface area (Å²) in [6, 6.07) is -0.570. The van der Waals surface area contributed by atoms with Gasteiger partial charge in [-0.1, -0.05) is 20.3 Å². The molecule has 0 unspecified atom stereocenters. The van der Waals surface area contributed by atoms with E-state index < -0.39 is 11.6 Å². The first-order valence-corrected chi connectivity index (χ1v) is 5.34. The zero-order valence-corrected chi connectivity index (χ0v) is 9.49. The molecule has 0 saturated heterocycles. The first-order chi connectivity index (χ1) is 7.05. The molecule has 0 bridgehead atoms. The molecule has 5 nitrogen and oxygen atoms in total. The summed E-state index contributed by atoms with van der Waals surface area (Å²) in [5.41, 5.74) is 4.68. The Balaban J connectivity index is 4.34. The summed E-state index contributed by atoms with van der Waals surface area (Å²) in [5.74, 6) is -0.318. The third-order valence-corrected chi connectivity index (χ3v) is 2.61. The minimum atomic E-state index is -0.942. The molecule has 0 aliphatic rings. The summed E-state index contributed by atoms with van der Waals surface area (Å²) in [4.78, 5) is 11.6. The summed E-state index contributed by atoms with van der Waals surface area (Å²) in [5, 5.41) is 20.8. The average Bonchev–Trinajstić information content (AvgIpc) is 2.26. The quantitative estimate of drug-likeness (QED) is 0.457. The van der Waals surface area contributed by atoms with Crippen LogP contribution in [0.3, 0.4) is 0 Å². The van der Waals surface area contributed by atoms with Gasteiger partial charge in [0.15, 0.2) is 0 Å². The highest BCUT2D eigenvalue weighted by Crippen LogP contribution is 2.09. The van der Waals surface area contributed by atoms with Gasteiger partial charge in [0.25, 0.3) is 0 Å². The van der Waals surface area contributed by atoms with Crippen molar-refractivity contribution < 1.29 is 15.0 Å². The Hall–Kier alpha value is -0.650. The van der Waals surface area contributed by atoms with Gasteiger partial charge in [0.05, 0.1) is 24.8 Å². The molecule has 5 heteroatoms. The lowest BCUT2D eigenvalue weighted by Crippen LogP contribution is -2.57. The van der Waals surface area contributed by atoms with Crippen molar-refractivity contribution >= 4 is 5.91 Å². The van der Waals surface area contributed by atoms with Gasteiger partial charge >= 0.3 is 0 Å². The van der Waals surface area contributed by atoms with Gasteiger partial charge in [-0.25, -0.2) is 0 Å². The van der Waals surface area contributed by atoms with Gasteiger partial charge in [-0.3, -0.25) is 4.79 Å². The zero-order valence-electron chi connectivity index (χ0n) is 9.49. The van der Waals surface area contributed by atoms with Crippen molar-refractivity contribution in [2.45, 2.75) is 44.7 Å². The molecule has 1 amide bonds. The predicted octanol–water partition coefficient (Wildman–Crippen LogP) is -0.637. The average molecular weight is 218 g/mol. The normalized spacial score (nSPS) is 13.7. The van der Waals surface area contributed by atoms with E-state index in [2.05, 4.69) is 5.32 Å². The van der Waals surface area contributed by atoms with Crippen LogP contribution in [0, 0.1) is 0 Å². The van der Waals surface area contributed by atoms with Crippen LogP contribution in [0.2, 0.25) is 0 Å². The van der Waals surface area contributed by atoms with Crippen LogP contribution in [-0.2, 0) is 4.79 Å². The molecule has 5 N–H and O–H groups in total. The standard InChI is InChI=1S/C10H22N2O3/c1-3-5-8(11)9(15)12-10(4-2,6-13)7-14/h8,13-14H,3-7,11H2,1-2H3,(H,12,15)/t8-/m1/s1. The Labute approximate surface area is 90.7 Å². The van der Waals surface area contributed by atoms with Crippen molar-refractivity contribution in [1.29, 1.82) is 0 Å². The number of hydrogen-bond acceptors (Lipinski definition) is 4. The largest absolute Gasteiger partial charge is 0.394 e. The lowest BCUT2D eigenvalue weighted by molar-refractivity contribution is -0.125. The van der Waals surface area contributed by atoms with Crippen LogP contribution in [0.1, 0.15) is 33.1 Å². The zero-order chi connectivity index (χ0) is 11.9. The van der Waals surface area contributed by atoms with Crippen LogP contribution in [0.15, 0.2) is 0 Å². The fourth-order valence-electron chi connectivity index (χ4n) is 1.24. The van der Waals surface area contributed by atoms with Crippen LogP contribution < -0.4 is 11.1 Å². The molecule has 0 saturated carbocycles. The van der Waals surface area contributed by atoms with Crippen LogP contribution in [-0.4, -0.2) is 40.9 Å². The van der Waals surface area contributed by atoms with E-state index in [1.807, 2.05) is 6.92 Å². The lowest BCUT2D eigenvalue weighted by Gasteiger charge is -2.30. The van der Waals surface area contributed by atoms with Gasteiger partial charge in [-0.05, 0) is 12.8 Å². The first-order valence-electron chi connectivity index (χ1n) is 5.34. The van der Waals surface area contributed by atoms with Crippen molar-refractivity contribution in [2.24, 2.45) is 5.73 Å². The summed E-state index contributed by atoms with van der Waals surface area (Å²) in [6.45, 7) is 3.16. The highest BCUT2D eigenvalue weighted by molar-refractivity contribution is 5.82. The number of nitrogens with two attached hydrogens (primary N) is 1. The van der Waals surface area contributed by atoms with Crippen LogP contribution in [0.5, 0.6) is 0 Å². The fraction of sp³-hybridized carbons (Fsp3) is 0.900.